The van der Waals surface area contributed by atoms with Gasteiger partial charge in [-0.1, -0.05) is 0 Å². The van der Waals surface area contributed by atoms with Crippen LogP contribution in [0.4, 0.5) is 5.69 Å². The number of carbonyl (C=O) groups is 1. The molecular formula is C19H18N4O2. The quantitative estimate of drug-likeness (QED) is 0.739. The Morgan fingerprint density at radius 1 is 1.24 bits per heavy atom. The van der Waals surface area contributed by atoms with Gasteiger partial charge in [-0.15, -0.1) is 0 Å². The summed E-state index contributed by atoms with van der Waals surface area (Å²) in [4.78, 5) is 23.2. The number of aryl methyl sites for hydroxylation is 1. The van der Waals surface area contributed by atoms with E-state index in [9.17, 15) is 4.79 Å². The molecule has 0 bridgehead atoms. The van der Waals surface area contributed by atoms with Gasteiger partial charge in [0, 0.05) is 30.8 Å². The first-order valence-electron chi connectivity index (χ1n) is 8.19. The van der Waals surface area contributed by atoms with E-state index in [1.54, 1.807) is 30.4 Å². The first-order valence-corrected chi connectivity index (χ1v) is 8.19. The highest BCUT2D eigenvalue weighted by Crippen LogP contribution is 2.31. The zero-order chi connectivity index (χ0) is 17.2. The molecule has 1 aromatic carbocycles. The van der Waals surface area contributed by atoms with Crippen LogP contribution >= 0.6 is 0 Å². The van der Waals surface area contributed by atoms with Crippen LogP contribution in [-0.4, -0.2) is 34.1 Å². The first kappa shape index (κ1) is 15.4. The molecule has 3 heterocycles. The summed E-state index contributed by atoms with van der Waals surface area (Å²) in [6, 6.07) is 9.49. The summed E-state index contributed by atoms with van der Waals surface area (Å²) in [7, 11) is 1.65. The Balaban J connectivity index is 1.62. The van der Waals surface area contributed by atoms with Crippen molar-refractivity contribution >= 4 is 11.6 Å². The number of benzene rings is 1. The number of nitrogens with zero attached hydrogens (tertiary/aromatic N) is 4. The molecule has 4 rings (SSSR count). The number of imidazole rings is 1. The second-order valence-corrected chi connectivity index (χ2v) is 5.93. The van der Waals surface area contributed by atoms with Crippen molar-refractivity contribution in [3.05, 3.63) is 66.4 Å². The van der Waals surface area contributed by atoms with Crippen LogP contribution in [0.25, 0.3) is 5.82 Å². The molecule has 0 spiro atoms. The lowest BCUT2D eigenvalue weighted by atomic mass is 10.0. The molecule has 0 unspecified atom stereocenters. The third-order valence-corrected chi connectivity index (χ3v) is 4.41. The molecule has 6 heteroatoms. The fourth-order valence-electron chi connectivity index (χ4n) is 3.13. The summed E-state index contributed by atoms with van der Waals surface area (Å²) in [5.41, 5.74) is 2.67. The highest BCUT2D eigenvalue weighted by atomic mass is 16.5. The number of rotatable bonds is 3. The fourth-order valence-corrected chi connectivity index (χ4v) is 3.13. The van der Waals surface area contributed by atoms with E-state index in [4.69, 9.17) is 4.74 Å². The molecule has 1 aliphatic heterocycles. The maximum Gasteiger partial charge on any atom is 0.259 e. The monoisotopic (exact) mass is 334 g/mol. The Morgan fingerprint density at radius 2 is 2.16 bits per heavy atom. The Kier molecular flexibility index (Phi) is 3.93. The maximum absolute atomic E-state index is 13.0. The molecule has 0 saturated carbocycles. The zero-order valence-corrected chi connectivity index (χ0v) is 13.9. The van der Waals surface area contributed by atoms with Crippen molar-refractivity contribution in [2.75, 3.05) is 18.6 Å². The Bertz CT molecular complexity index is 888. The number of ether oxygens (including phenoxy) is 1. The van der Waals surface area contributed by atoms with Crippen LogP contribution in [0.3, 0.4) is 0 Å². The molecule has 2 aromatic heterocycles. The highest BCUT2D eigenvalue weighted by Gasteiger charge is 2.24. The van der Waals surface area contributed by atoms with Gasteiger partial charge in [0.15, 0.2) is 0 Å². The molecule has 0 aliphatic carbocycles. The van der Waals surface area contributed by atoms with Crippen LogP contribution in [0.15, 0.2) is 55.2 Å². The minimum absolute atomic E-state index is 0.0317. The van der Waals surface area contributed by atoms with Gasteiger partial charge in [-0.25, -0.2) is 9.97 Å². The van der Waals surface area contributed by atoms with E-state index in [1.807, 2.05) is 41.4 Å². The van der Waals surface area contributed by atoms with Crippen LogP contribution < -0.4 is 9.64 Å². The minimum Gasteiger partial charge on any atom is -0.497 e. The number of carbonyl (C=O) groups excluding carboxylic acids is 1. The van der Waals surface area contributed by atoms with Gasteiger partial charge >= 0.3 is 0 Å². The smallest absolute Gasteiger partial charge is 0.259 e. The second-order valence-electron chi connectivity index (χ2n) is 5.93. The van der Waals surface area contributed by atoms with Crippen LogP contribution in [0.2, 0.25) is 0 Å². The van der Waals surface area contributed by atoms with E-state index in [-0.39, 0.29) is 5.91 Å². The van der Waals surface area contributed by atoms with Crippen LogP contribution in [-0.2, 0) is 6.42 Å². The van der Waals surface area contributed by atoms with Gasteiger partial charge in [0.05, 0.1) is 12.7 Å². The van der Waals surface area contributed by atoms with Gasteiger partial charge < -0.3 is 9.64 Å². The summed E-state index contributed by atoms with van der Waals surface area (Å²) >= 11 is 0. The molecule has 3 aromatic rings. The number of amides is 1. The van der Waals surface area contributed by atoms with Crippen molar-refractivity contribution in [1.29, 1.82) is 0 Å². The van der Waals surface area contributed by atoms with Crippen molar-refractivity contribution in [2.24, 2.45) is 0 Å². The van der Waals surface area contributed by atoms with E-state index in [0.29, 0.717) is 12.1 Å². The van der Waals surface area contributed by atoms with Crippen molar-refractivity contribution < 1.29 is 9.53 Å². The van der Waals surface area contributed by atoms with Crippen LogP contribution in [0.1, 0.15) is 22.3 Å². The van der Waals surface area contributed by atoms with E-state index >= 15 is 0 Å². The van der Waals surface area contributed by atoms with Gasteiger partial charge in [0.2, 0.25) is 0 Å². The number of hydrogen-bond donors (Lipinski definition) is 0. The second kappa shape index (κ2) is 6.39. The lowest BCUT2D eigenvalue weighted by Crippen LogP contribution is -2.35. The molecule has 1 aliphatic rings. The summed E-state index contributed by atoms with van der Waals surface area (Å²) < 4.78 is 7.09. The minimum atomic E-state index is -0.0317. The van der Waals surface area contributed by atoms with Crippen molar-refractivity contribution in [3.8, 4) is 11.6 Å². The van der Waals surface area contributed by atoms with Gasteiger partial charge in [0.1, 0.15) is 17.9 Å². The van der Waals surface area contributed by atoms with Crippen LogP contribution in [0, 0.1) is 0 Å². The Labute approximate surface area is 145 Å². The van der Waals surface area contributed by atoms with E-state index in [2.05, 4.69) is 9.97 Å². The number of hydrogen-bond acceptors (Lipinski definition) is 4. The SMILES string of the molecule is COc1ccc2c(c1)CCCN2C(=O)c1ccc(-n2ccnc2)nc1. The maximum atomic E-state index is 13.0. The van der Waals surface area contributed by atoms with Crippen molar-refractivity contribution in [1.82, 2.24) is 14.5 Å². The summed E-state index contributed by atoms with van der Waals surface area (Å²) in [5, 5.41) is 0. The van der Waals surface area contributed by atoms with Crippen LogP contribution in [0.5, 0.6) is 5.75 Å². The fraction of sp³-hybridized carbons (Fsp3) is 0.211. The largest absolute Gasteiger partial charge is 0.497 e. The molecule has 0 N–H and O–H groups in total. The predicted molar refractivity (Wildman–Crippen MR) is 94.4 cm³/mol. The molecular weight excluding hydrogens is 316 g/mol. The van der Waals surface area contributed by atoms with Gasteiger partial charge in [-0.05, 0) is 48.7 Å². The normalized spacial score (nSPS) is 13.4. The number of fused-ring (bicyclic) bond motifs is 1. The molecule has 6 nitrogen and oxygen atoms in total. The van der Waals surface area contributed by atoms with E-state index < -0.39 is 0 Å². The molecule has 1 amide bonds. The number of anilines is 1. The topological polar surface area (TPSA) is 60.2 Å². The van der Waals surface area contributed by atoms with Gasteiger partial charge in [-0.2, -0.15) is 0 Å². The average Bonchev–Trinajstić information content (AvgIpc) is 3.21. The molecule has 0 atom stereocenters. The van der Waals surface area contributed by atoms with E-state index in [1.165, 1.54) is 0 Å². The molecule has 126 valence electrons. The summed E-state index contributed by atoms with van der Waals surface area (Å²) in [6.45, 7) is 0.710. The standard InChI is InChI=1S/C19H18N4O2/c1-25-16-5-6-17-14(11-16)3-2-9-23(17)19(24)15-4-7-18(21-12-15)22-10-8-20-13-22/h4-8,10-13H,2-3,9H2,1H3. The molecule has 0 saturated heterocycles. The molecule has 0 radical (unpaired) electrons. The Morgan fingerprint density at radius 3 is 2.88 bits per heavy atom. The Hall–Kier alpha value is -3.15. The summed E-state index contributed by atoms with van der Waals surface area (Å²) in [6.07, 6.45) is 8.70. The lowest BCUT2D eigenvalue weighted by molar-refractivity contribution is 0.0984. The van der Waals surface area contributed by atoms with Crippen molar-refractivity contribution in [3.63, 3.8) is 0 Å². The third kappa shape index (κ3) is 2.87. The lowest BCUT2D eigenvalue weighted by Gasteiger charge is -2.29. The third-order valence-electron chi connectivity index (χ3n) is 4.41. The van der Waals surface area contributed by atoms with Crippen molar-refractivity contribution in [2.45, 2.75) is 12.8 Å². The average molecular weight is 334 g/mol. The number of aromatic nitrogens is 3. The molecule has 25 heavy (non-hydrogen) atoms. The zero-order valence-electron chi connectivity index (χ0n) is 13.9. The van der Waals surface area contributed by atoms with Gasteiger partial charge in [-0.3, -0.25) is 9.36 Å². The predicted octanol–water partition coefficient (Wildman–Crippen LogP) is 2.87. The van der Waals surface area contributed by atoms with Gasteiger partial charge in [0.25, 0.3) is 5.91 Å². The first-order chi connectivity index (χ1) is 12.3. The number of pyridine rings is 1. The molecule has 0 fully saturated rings. The highest BCUT2D eigenvalue weighted by molar-refractivity contribution is 6.06. The summed E-state index contributed by atoms with van der Waals surface area (Å²) in [5.74, 6) is 1.52. The number of methoxy groups -OCH3 is 1. The van der Waals surface area contributed by atoms with E-state index in [0.717, 1.165) is 35.7 Å².